The number of carbonyl (C=O) groups is 1. The van der Waals surface area contributed by atoms with Gasteiger partial charge in [-0.3, -0.25) is 9.69 Å². The second-order valence-corrected chi connectivity index (χ2v) is 9.60. The van der Waals surface area contributed by atoms with E-state index in [9.17, 15) is 4.79 Å². The van der Waals surface area contributed by atoms with Crippen LogP contribution in [0.4, 0.5) is 0 Å². The molecule has 1 aromatic heterocycles. The summed E-state index contributed by atoms with van der Waals surface area (Å²) in [6.45, 7) is 8.70. The van der Waals surface area contributed by atoms with Crippen molar-refractivity contribution in [2.75, 3.05) is 52.4 Å². The lowest BCUT2D eigenvalue weighted by Gasteiger charge is -2.42. The molecule has 0 bridgehead atoms. The molecule has 174 valence electrons. The summed E-state index contributed by atoms with van der Waals surface area (Å²) >= 11 is 1.56. The van der Waals surface area contributed by atoms with E-state index in [1.54, 1.807) is 18.3 Å². The highest BCUT2D eigenvalue weighted by atomic mass is 32.1. The average Bonchev–Trinajstić information content (AvgIpc) is 3.26. The van der Waals surface area contributed by atoms with Crippen LogP contribution in [0.15, 0.2) is 48.5 Å². The molecule has 1 atom stereocenters. The molecule has 5 rings (SSSR count). The third-order valence-corrected chi connectivity index (χ3v) is 7.34. The van der Waals surface area contributed by atoms with Crippen molar-refractivity contribution in [3.63, 3.8) is 0 Å². The van der Waals surface area contributed by atoms with E-state index in [-0.39, 0.29) is 12.1 Å². The first-order chi connectivity index (χ1) is 16.1. The molecule has 2 aromatic carbocycles. The maximum absolute atomic E-state index is 11.7. The largest absolute Gasteiger partial charge is 0.431 e. The van der Waals surface area contributed by atoms with Crippen LogP contribution in [-0.4, -0.2) is 84.2 Å². The van der Waals surface area contributed by atoms with Crippen molar-refractivity contribution in [3.05, 3.63) is 54.1 Å². The quantitative estimate of drug-likeness (QED) is 0.555. The molecule has 0 radical (unpaired) electrons. The molecular formula is C25H30N4O3S. The van der Waals surface area contributed by atoms with Gasteiger partial charge in [0.1, 0.15) is 12.0 Å². The Labute approximate surface area is 198 Å². The molecule has 0 saturated carbocycles. The van der Waals surface area contributed by atoms with Crippen molar-refractivity contribution < 1.29 is 14.3 Å². The standard InChI is InChI=1S/C25H30N4O3S/c1-19(30)29-16-17-31-24(18-29)28-14-12-27(13-15-28)11-10-20-6-8-21(9-7-20)32-25-26-22-4-2-3-5-23(22)33-25/h2-9,24H,10-18H2,1H3. The van der Waals surface area contributed by atoms with Crippen LogP contribution >= 0.6 is 11.3 Å². The van der Waals surface area contributed by atoms with Crippen molar-refractivity contribution in [3.8, 4) is 10.9 Å². The number of para-hydroxylation sites is 1. The zero-order valence-corrected chi connectivity index (χ0v) is 19.8. The Morgan fingerprint density at radius 1 is 1.09 bits per heavy atom. The summed E-state index contributed by atoms with van der Waals surface area (Å²) in [7, 11) is 0. The summed E-state index contributed by atoms with van der Waals surface area (Å²) < 4.78 is 13.0. The van der Waals surface area contributed by atoms with Gasteiger partial charge in [-0.25, -0.2) is 4.98 Å². The van der Waals surface area contributed by atoms with Crippen LogP contribution in [0.25, 0.3) is 10.2 Å². The molecule has 1 amide bonds. The minimum Gasteiger partial charge on any atom is -0.431 e. The summed E-state index contributed by atoms with van der Waals surface area (Å²) in [5.41, 5.74) is 2.28. The zero-order valence-electron chi connectivity index (χ0n) is 19.0. The number of ether oxygens (including phenoxy) is 2. The molecule has 2 fully saturated rings. The summed E-state index contributed by atoms with van der Waals surface area (Å²) in [5.74, 6) is 0.956. The van der Waals surface area contributed by atoms with Gasteiger partial charge in [0, 0.05) is 46.2 Å². The molecule has 33 heavy (non-hydrogen) atoms. The van der Waals surface area contributed by atoms with E-state index in [1.807, 2.05) is 35.2 Å². The van der Waals surface area contributed by atoms with E-state index in [2.05, 4.69) is 33.0 Å². The van der Waals surface area contributed by atoms with Crippen LogP contribution in [0.3, 0.4) is 0 Å². The summed E-state index contributed by atoms with van der Waals surface area (Å²) in [6.07, 6.45) is 1.05. The fourth-order valence-electron chi connectivity index (χ4n) is 4.42. The Hall–Kier alpha value is -2.52. The van der Waals surface area contributed by atoms with Crippen molar-refractivity contribution in [1.29, 1.82) is 0 Å². The van der Waals surface area contributed by atoms with Crippen LogP contribution in [0.5, 0.6) is 10.9 Å². The fraction of sp³-hybridized carbons (Fsp3) is 0.440. The molecule has 3 aromatic rings. The van der Waals surface area contributed by atoms with E-state index >= 15 is 0 Å². The number of fused-ring (bicyclic) bond motifs is 1. The number of rotatable bonds is 6. The maximum atomic E-state index is 11.7. The number of amides is 1. The predicted octanol–water partition coefficient (Wildman–Crippen LogP) is 3.45. The highest BCUT2D eigenvalue weighted by Gasteiger charge is 2.29. The van der Waals surface area contributed by atoms with E-state index in [4.69, 9.17) is 9.47 Å². The van der Waals surface area contributed by atoms with E-state index in [0.717, 1.165) is 55.1 Å². The Bertz CT molecular complexity index is 1050. The smallest absolute Gasteiger partial charge is 0.279 e. The number of carbonyl (C=O) groups excluding carboxylic acids is 1. The number of hydrogen-bond donors (Lipinski definition) is 0. The van der Waals surface area contributed by atoms with Crippen LogP contribution in [0.1, 0.15) is 12.5 Å². The van der Waals surface area contributed by atoms with Crippen molar-refractivity contribution in [2.45, 2.75) is 19.6 Å². The molecule has 2 aliphatic heterocycles. The van der Waals surface area contributed by atoms with Crippen molar-refractivity contribution >= 4 is 27.5 Å². The zero-order chi connectivity index (χ0) is 22.6. The third kappa shape index (κ3) is 5.52. The van der Waals surface area contributed by atoms with Crippen LogP contribution in [0.2, 0.25) is 0 Å². The lowest BCUT2D eigenvalue weighted by molar-refractivity contribution is -0.150. The van der Waals surface area contributed by atoms with E-state index in [0.29, 0.717) is 24.9 Å². The van der Waals surface area contributed by atoms with Gasteiger partial charge in [0.05, 0.1) is 23.4 Å². The van der Waals surface area contributed by atoms with Crippen molar-refractivity contribution in [1.82, 2.24) is 19.7 Å². The molecule has 7 nitrogen and oxygen atoms in total. The van der Waals surface area contributed by atoms with Gasteiger partial charge < -0.3 is 19.3 Å². The molecule has 0 aliphatic carbocycles. The summed E-state index contributed by atoms with van der Waals surface area (Å²) in [6, 6.07) is 16.4. The number of thiazole rings is 1. The molecule has 2 aliphatic rings. The number of nitrogens with zero attached hydrogens (tertiary/aromatic N) is 4. The normalized spacial score (nSPS) is 20.3. The molecule has 0 N–H and O–H groups in total. The van der Waals surface area contributed by atoms with Gasteiger partial charge in [0.15, 0.2) is 0 Å². The second-order valence-electron chi connectivity index (χ2n) is 8.61. The molecule has 2 saturated heterocycles. The molecular weight excluding hydrogens is 436 g/mol. The lowest BCUT2D eigenvalue weighted by atomic mass is 10.1. The van der Waals surface area contributed by atoms with E-state index in [1.165, 1.54) is 5.56 Å². The van der Waals surface area contributed by atoms with Gasteiger partial charge in [0.25, 0.3) is 5.19 Å². The highest BCUT2D eigenvalue weighted by Crippen LogP contribution is 2.31. The van der Waals surface area contributed by atoms with Gasteiger partial charge in [0.2, 0.25) is 5.91 Å². The summed E-state index contributed by atoms with van der Waals surface area (Å²) in [5, 5.41) is 0.676. The number of aromatic nitrogens is 1. The first-order valence-corrected chi connectivity index (χ1v) is 12.4. The SMILES string of the molecule is CC(=O)N1CCOC(N2CCN(CCc3ccc(Oc4nc5ccccc5s4)cc3)CC2)C1. The highest BCUT2D eigenvalue weighted by molar-refractivity contribution is 7.20. The maximum Gasteiger partial charge on any atom is 0.279 e. The van der Waals surface area contributed by atoms with Gasteiger partial charge in [-0.2, -0.15) is 0 Å². The Kier molecular flexibility index (Phi) is 6.87. The second kappa shape index (κ2) is 10.2. The van der Waals surface area contributed by atoms with Gasteiger partial charge in [-0.1, -0.05) is 35.6 Å². The van der Waals surface area contributed by atoms with Gasteiger partial charge in [-0.15, -0.1) is 0 Å². The number of hydrogen-bond acceptors (Lipinski definition) is 7. The molecule has 8 heteroatoms. The Morgan fingerprint density at radius 2 is 1.88 bits per heavy atom. The predicted molar refractivity (Wildman–Crippen MR) is 130 cm³/mol. The summed E-state index contributed by atoms with van der Waals surface area (Å²) in [4.78, 5) is 23.0. The molecule has 1 unspecified atom stereocenters. The first-order valence-electron chi connectivity index (χ1n) is 11.6. The van der Waals surface area contributed by atoms with Crippen LogP contribution in [0, 0.1) is 0 Å². The monoisotopic (exact) mass is 466 g/mol. The van der Waals surface area contributed by atoms with Crippen LogP contribution < -0.4 is 4.74 Å². The lowest BCUT2D eigenvalue weighted by Crippen LogP contribution is -2.57. The van der Waals surface area contributed by atoms with Gasteiger partial charge in [-0.05, 0) is 36.2 Å². The molecule has 3 heterocycles. The van der Waals surface area contributed by atoms with E-state index < -0.39 is 0 Å². The number of morpholine rings is 1. The van der Waals surface area contributed by atoms with Crippen LogP contribution in [-0.2, 0) is 16.0 Å². The van der Waals surface area contributed by atoms with Gasteiger partial charge >= 0.3 is 0 Å². The Balaban J connectivity index is 1.07. The minimum atomic E-state index is 0.0350. The minimum absolute atomic E-state index is 0.0350. The first kappa shape index (κ1) is 22.3. The number of piperazine rings is 1. The fourth-order valence-corrected chi connectivity index (χ4v) is 5.26. The average molecular weight is 467 g/mol. The molecule has 0 spiro atoms. The third-order valence-electron chi connectivity index (χ3n) is 6.43. The number of benzene rings is 2. The van der Waals surface area contributed by atoms with Crippen molar-refractivity contribution in [2.24, 2.45) is 0 Å². The Morgan fingerprint density at radius 3 is 2.64 bits per heavy atom. The topological polar surface area (TPSA) is 58.1 Å².